The van der Waals surface area contributed by atoms with Crippen LogP contribution in [0.5, 0.6) is 17.2 Å². The van der Waals surface area contributed by atoms with Crippen molar-refractivity contribution in [1.29, 1.82) is 0 Å². The minimum absolute atomic E-state index is 0.167. The summed E-state index contributed by atoms with van der Waals surface area (Å²) in [5.74, 6) is 1.24. The smallest absolute Gasteiger partial charge is 0.394 e. The molecular weight excluding hydrogens is 399 g/mol. The Hall–Kier alpha value is -2.75. The molecule has 160 valence electrons. The summed E-state index contributed by atoms with van der Waals surface area (Å²) in [6, 6.07) is 21.6. The van der Waals surface area contributed by atoms with Gasteiger partial charge in [0.15, 0.2) is 0 Å². The van der Waals surface area contributed by atoms with Crippen LogP contribution in [0.15, 0.2) is 72.8 Å². The number of hydrogen-bond acceptors (Lipinski definition) is 5. The van der Waals surface area contributed by atoms with Crippen LogP contribution in [0.25, 0.3) is 0 Å². The van der Waals surface area contributed by atoms with Crippen molar-refractivity contribution in [3.8, 4) is 17.2 Å². The van der Waals surface area contributed by atoms with Crippen LogP contribution in [0.4, 0.5) is 0 Å². The van der Waals surface area contributed by atoms with Gasteiger partial charge >= 0.3 is 7.82 Å². The Morgan fingerprint density at radius 2 is 0.800 bits per heavy atom. The highest BCUT2D eigenvalue weighted by atomic mass is 31.2. The second-order valence-electron chi connectivity index (χ2n) is 7.25. The monoisotopic (exact) mass is 428 g/mol. The predicted octanol–water partition coefficient (Wildman–Crippen LogP) is 6.64. The maximum atomic E-state index is 13.3. The van der Waals surface area contributed by atoms with Gasteiger partial charge in [0.25, 0.3) is 0 Å². The van der Waals surface area contributed by atoms with Crippen molar-refractivity contribution in [2.24, 2.45) is 0 Å². The van der Waals surface area contributed by atoms with E-state index in [1.165, 1.54) is 0 Å². The van der Waals surface area contributed by atoms with Crippen molar-refractivity contribution >= 4 is 7.82 Å². The lowest BCUT2D eigenvalue weighted by Crippen LogP contribution is -2.07. The topological polar surface area (TPSA) is 65.0 Å². The van der Waals surface area contributed by atoms with Crippen molar-refractivity contribution in [1.82, 2.24) is 0 Å². The molecule has 30 heavy (non-hydrogen) atoms. The minimum Gasteiger partial charge on any atom is -0.394 e. The normalized spacial score (nSPS) is 10.8. The summed E-state index contributed by atoms with van der Waals surface area (Å²) < 4.78 is 30.2. The van der Waals surface area contributed by atoms with E-state index in [2.05, 4.69) is 0 Å². The Labute approximate surface area is 178 Å². The minimum atomic E-state index is -3.93. The fourth-order valence-corrected chi connectivity index (χ4v) is 3.49. The van der Waals surface area contributed by atoms with Crippen LogP contribution in [0.2, 0.25) is 0 Å². The number of aryl methyl sites for hydroxylation is 3. The molecule has 1 N–H and O–H groups in total. The number of benzene rings is 3. The summed E-state index contributed by atoms with van der Waals surface area (Å²) in [7, 11) is -3.93. The summed E-state index contributed by atoms with van der Waals surface area (Å²) in [5, 5.41) is 8.06. The SMILES string of the molecule is CC(C)O.Cc1ccc(OP(=O)(Oc2ccc(C)cc2)Oc2ccc(C)cc2)cc1. The van der Waals surface area contributed by atoms with Gasteiger partial charge < -0.3 is 18.7 Å². The highest BCUT2D eigenvalue weighted by Gasteiger charge is 2.33. The summed E-state index contributed by atoms with van der Waals surface area (Å²) in [6.07, 6.45) is -0.167. The highest BCUT2D eigenvalue weighted by Crippen LogP contribution is 2.49. The molecule has 0 aromatic heterocycles. The van der Waals surface area contributed by atoms with Crippen molar-refractivity contribution in [3.05, 3.63) is 89.5 Å². The third kappa shape index (κ3) is 8.32. The number of rotatable bonds is 6. The Kier molecular flexibility index (Phi) is 8.52. The fourth-order valence-electron chi connectivity index (χ4n) is 2.24. The van der Waals surface area contributed by atoms with Crippen LogP contribution in [-0.4, -0.2) is 11.2 Å². The van der Waals surface area contributed by atoms with E-state index in [-0.39, 0.29) is 6.10 Å². The lowest BCUT2D eigenvalue weighted by atomic mass is 10.2. The van der Waals surface area contributed by atoms with Crippen LogP contribution in [0.1, 0.15) is 30.5 Å². The largest absolute Gasteiger partial charge is 0.647 e. The Morgan fingerprint density at radius 1 is 0.600 bits per heavy atom. The van der Waals surface area contributed by atoms with Gasteiger partial charge in [0.05, 0.1) is 0 Å². The van der Waals surface area contributed by atoms with E-state index < -0.39 is 7.82 Å². The van der Waals surface area contributed by atoms with Gasteiger partial charge in [0, 0.05) is 6.10 Å². The van der Waals surface area contributed by atoms with Gasteiger partial charge in [0.2, 0.25) is 0 Å². The van der Waals surface area contributed by atoms with Crippen molar-refractivity contribution in [2.45, 2.75) is 40.7 Å². The predicted molar refractivity (Wildman–Crippen MR) is 120 cm³/mol. The number of aliphatic hydroxyl groups excluding tert-OH is 1. The molecule has 0 heterocycles. The molecule has 0 aliphatic carbocycles. The third-order valence-electron chi connectivity index (χ3n) is 3.71. The molecule has 0 unspecified atom stereocenters. The van der Waals surface area contributed by atoms with E-state index >= 15 is 0 Å². The van der Waals surface area contributed by atoms with Crippen molar-refractivity contribution < 1.29 is 23.2 Å². The Balaban J connectivity index is 0.000000735. The van der Waals surface area contributed by atoms with E-state index in [9.17, 15) is 4.57 Å². The summed E-state index contributed by atoms with van der Waals surface area (Å²) in [6.45, 7) is 9.35. The highest BCUT2D eigenvalue weighted by molar-refractivity contribution is 7.49. The summed E-state index contributed by atoms with van der Waals surface area (Å²) in [5.41, 5.74) is 3.23. The second-order valence-corrected chi connectivity index (χ2v) is 8.70. The number of phosphoric acid groups is 1. The van der Waals surface area contributed by atoms with Gasteiger partial charge in [-0.2, -0.15) is 4.57 Å². The van der Waals surface area contributed by atoms with Crippen molar-refractivity contribution in [2.75, 3.05) is 0 Å². The molecule has 0 amide bonds. The quantitative estimate of drug-likeness (QED) is 0.446. The third-order valence-corrected chi connectivity index (χ3v) is 5.02. The first kappa shape index (κ1) is 23.5. The van der Waals surface area contributed by atoms with Gasteiger partial charge in [0.1, 0.15) is 17.2 Å². The van der Waals surface area contributed by atoms with Crippen LogP contribution < -0.4 is 13.6 Å². The molecule has 0 fully saturated rings. The fraction of sp³-hybridized carbons (Fsp3) is 0.250. The van der Waals surface area contributed by atoms with Crippen LogP contribution in [-0.2, 0) is 4.57 Å². The van der Waals surface area contributed by atoms with E-state index in [0.717, 1.165) is 16.7 Å². The van der Waals surface area contributed by atoms with Gasteiger partial charge in [-0.15, -0.1) is 0 Å². The van der Waals surface area contributed by atoms with Gasteiger partial charge in [-0.3, -0.25) is 0 Å². The molecule has 3 rings (SSSR count). The number of aliphatic hydroxyl groups is 1. The molecule has 5 nitrogen and oxygen atoms in total. The maximum Gasteiger partial charge on any atom is 0.647 e. The molecule has 0 aliphatic heterocycles. The molecule has 6 heteroatoms. The van der Waals surface area contributed by atoms with E-state index in [0.29, 0.717) is 17.2 Å². The van der Waals surface area contributed by atoms with Crippen LogP contribution in [0.3, 0.4) is 0 Å². The molecule has 3 aromatic rings. The molecule has 0 atom stereocenters. The first-order valence-corrected chi connectivity index (χ1v) is 11.2. The van der Waals surface area contributed by atoms with E-state index in [1.54, 1.807) is 50.2 Å². The molecule has 0 spiro atoms. The van der Waals surface area contributed by atoms with Gasteiger partial charge in [-0.25, -0.2) is 0 Å². The Bertz CT molecular complexity index is 823. The van der Waals surface area contributed by atoms with E-state index in [1.807, 2.05) is 57.2 Å². The van der Waals surface area contributed by atoms with Gasteiger partial charge in [-0.1, -0.05) is 53.1 Å². The first-order chi connectivity index (χ1) is 14.1. The van der Waals surface area contributed by atoms with Gasteiger partial charge in [-0.05, 0) is 71.0 Å². The molecule has 0 radical (unpaired) electrons. The molecule has 0 bridgehead atoms. The standard InChI is InChI=1S/C21H21O4P.C3H8O/c1-16-4-10-19(11-5-16)23-26(22,24-20-12-6-17(2)7-13-20)25-21-14-8-18(3)9-15-21;1-3(2)4/h4-15H,1-3H3;3-4H,1-2H3. The second kappa shape index (κ2) is 10.9. The Morgan fingerprint density at radius 3 is 1.00 bits per heavy atom. The average molecular weight is 428 g/mol. The summed E-state index contributed by atoms with van der Waals surface area (Å²) in [4.78, 5) is 0. The number of phosphoric ester groups is 1. The van der Waals surface area contributed by atoms with E-state index in [4.69, 9.17) is 18.7 Å². The zero-order valence-electron chi connectivity index (χ0n) is 18.0. The molecule has 3 aromatic carbocycles. The lowest BCUT2D eigenvalue weighted by molar-refractivity contribution is 0.216. The first-order valence-electron chi connectivity index (χ1n) is 9.72. The molecule has 0 aliphatic rings. The summed E-state index contributed by atoms with van der Waals surface area (Å²) >= 11 is 0. The number of hydrogen-bond donors (Lipinski definition) is 1. The molecular formula is C24H29O5P. The van der Waals surface area contributed by atoms with Crippen LogP contribution in [0, 0.1) is 20.8 Å². The lowest BCUT2D eigenvalue weighted by Gasteiger charge is -2.19. The zero-order chi connectivity index (χ0) is 22.1. The molecule has 0 saturated heterocycles. The van der Waals surface area contributed by atoms with Crippen LogP contribution >= 0.6 is 7.82 Å². The maximum absolute atomic E-state index is 13.3. The average Bonchev–Trinajstić information content (AvgIpc) is 2.67. The molecule has 0 saturated carbocycles. The zero-order valence-corrected chi connectivity index (χ0v) is 18.9. The van der Waals surface area contributed by atoms with Crippen molar-refractivity contribution in [3.63, 3.8) is 0 Å².